The first-order valence-electron chi connectivity index (χ1n) is 12.9. The highest BCUT2D eigenvalue weighted by Crippen LogP contribution is 2.64. The van der Waals surface area contributed by atoms with Gasteiger partial charge in [-0.25, -0.2) is 4.57 Å². The van der Waals surface area contributed by atoms with Gasteiger partial charge in [-0.05, 0) is 12.8 Å². The van der Waals surface area contributed by atoms with Crippen molar-refractivity contribution in [2.45, 2.75) is 99.5 Å². The molecule has 0 aromatic carbocycles. The molecule has 1 atom stereocenters. The van der Waals surface area contributed by atoms with Gasteiger partial charge in [0.25, 0.3) is 0 Å². The Morgan fingerprint density at radius 3 is 1.38 bits per heavy atom. The van der Waals surface area contributed by atoms with E-state index in [0.29, 0.717) is 6.54 Å². The Morgan fingerprint density at radius 2 is 0.933 bits per heavy atom. The van der Waals surface area contributed by atoms with Gasteiger partial charge in [0.15, 0.2) is 0 Å². The van der Waals surface area contributed by atoms with E-state index in [4.69, 9.17) is 0 Å². The number of alkyl halides is 17. The average Bonchev–Trinajstić information content (AvgIpc) is 2.84. The maximum Gasteiger partial charge on any atom is 0.472 e. The lowest BCUT2D eigenvalue weighted by molar-refractivity contribution is -0.890. The van der Waals surface area contributed by atoms with Gasteiger partial charge in [-0.1, -0.05) is 32.6 Å². The fourth-order valence-corrected chi connectivity index (χ4v) is 4.22. The van der Waals surface area contributed by atoms with E-state index < -0.39 is 75.1 Å². The number of nitrogens with zero attached hydrogens (tertiary/aromatic N) is 1. The lowest BCUT2D eigenvalue weighted by Crippen LogP contribution is -2.74. The summed E-state index contributed by atoms with van der Waals surface area (Å²) >= 11 is 0. The molecule has 23 heteroatoms. The molecule has 0 aliphatic heterocycles. The minimum Gasteiger partial charge on any atom is -0.327 e. The van der Waals surface area contributed by atoms with Crippen molar-refractivity contribution in [1.29, 1.82) is 0 Å². The quantitative estimate of drug-likeness (QED) is 0.0556. The van der Waals surface area contributed by atoms with Gasteiger partial charge in [0.05, 0.1) is 27.2 Å². The van der Waals surface area contributed by atoms with Crippen molar-refractivity contribution >= 4 is 7.82 Å². The fourth-order valence-electron chi connectivity index (χ4n) is 3.52. The van der Waals surface area contributed by atoms with Crippen molar-refractivity contribution < 1.29 is 97.6 Å². The van der Waals surface area contributed by atoms with Crippen molar-refractivity contribution in [1.82, 2.24) is 0 Å². The summed E-state index contributed by atoms with van der Waals surface area (Å²) in [5, 5.41) is 0. The molecule has 0 heterocycles. The fraction of sp³-hybridized carbons (Fsp3) is 1.00. The highest BCUT2D eigenvalue weighted by Gasteiger charge is 2.95. The summed E-state index contributed by atoms with van der Waals surface area (Å²) in [6, 6.07) is 0. The third-order valence-corrected chi connectivity index (χ3v) is 7.54. The van der Waals surface area contributed by atoms with Crippen LogP contribution < -0.4 is 0 Å². The molecular weight excluding hydrogens is 696 g/mol. The van der Waals surface area contributed by atoms with Crippen LogP contribution in [0.5, 0.6) is 0 Å². The lowest BCUT2D eigenvalue weighted by atomic mass is 9.88. The normalized spacial score (nSPS) is 16.6. The van der Waals surface area contributed by atoms with Gasteiger partial charge in [0.2, 0.25) is 0 Å². The lowest BCUT2D eigenvalue weighted by Gasteiger charge is -2.42. The molecule has 0 spiro atoms. The number of likely N-dealkylation sites (N-methyl/N-ethyl adjacent to an activating group) is 1. The Kier molecular flexibility index (Phi) is 14.2. The summed E-state index contributed by atoms with van der Waals surface area (Å²) in [6.45, 7) is -0.343. The zero-order chi connectivity index (χ0) is 36.2. The van der Waals surface area contributed by atoms with Crippen LogP contribution in [0.2, 0.25) is 0 Å². The third-order valence-electron chi connectivity index (χ3n) is 6.53. The van der Waals surface area contributed by atoms with Gasteiger partial charge in [0.1, 0.15) is 13.2 Å². The van der Waals surface area contributed by atoms with Crippen LogP contribution in [0.15, 0.2) is 0 Å². The molecule has 0 fully saturated rings. The Morgan fingerprint density at radius 1 is 0.556 bits per heavy atom. The molecule has 0 aliphatic carbocycles. The van der Waals surface area contributed by atoms with Crippen molar-refractivity contribution in [2.75, 3.05) is 40.4 Å². The number of phosphoric ester groups is 1. The maximum atomic E-state index is 13.9. The Balaban J connectivity index is 5.55. The topological polar surface area (TPSA) is 55.8 Å². The van der Waals surface area contributed by atoms with E-state index in [1.807, 2.05) is 6.92 Å². The standard InChI is InChI=1S/C22H31F17NO4P/c1-4-5-6-7-8-9-11-40(2,3)12-14-44-45(41,42)43-13-10-15(23,24)16(25,26)17(27,28)18(29,30)19(31,32)20(33,34)21(35,36)22(37,38)39/h4-14H2,1-3H3/p+1. The van der Waals surface area contributed by atoms with Crippen LogP contribution in [0, 0.1) is 0 Å². The number of hydrogen-bond acceptors (Lipinski definition) is 3. The van der Waals surface area contributed by atoms with Gasteiger partial charge in [0, 0.05) is 6.42 Å². The van der Waals surface area contributed by atoms with Crippen LogP contribution >= 0.6 is 7.82 Å². The smallest absolute Gasteiger partial charge is 0.327 e. The largest absolute Gasteiger partial charge is 0.472 e. The second-order valence-electron chi connectivity index (χ2n) is 10.7. The van der Waals surface area contributed by atoms with Crippen molar-refractivity contribution in [3.8, 4) is 0 Å². The molecule has 45 heavy (non-hydrogen) atoms. The Labute approximate surface area is 246 Å². The number of phosphoric acid groups is 1. The number of rotatable bonds is 21. The van der Waals surface area contributed by atoms with E-state index in [-0.39, 0.29) is 11.0 Å². The van der Waals surface area contributed by atoms with E-state index in [9.17, 15) is 84.1 Å². The van der Waals surface area contributed by atoms with E-state index in [1.165, 1.54) is 0 Å². The summed E-state index contributed by atoms with van der Waals surface area (Å²) in [6.07, 6.45) is -5.24. The highest BCUT2D eigenvalue weighted by molar-refractivity contribution is 7.47. The zero-order valence-electron chi connectivity index (χ0n) is 23.8. The molecule has 1 unspecified atom stereocenters. The molecule has 272 valence electrons. The minimum absolute atomic E-state index is 0.0232. The average molecular weight is 728 g/mol. The van der Waals surface area contributed by atoms with Gasteiger partial charge in [-0.15, -0.1) is 0 Å². The first-order valence-corrected chi connectivity index (χ1v) is 14.4. The van der Waals surface area contributed by atoms with E-state index in [1.54, 1.807) is 14.1 Å². The van der Waals surface area contributed by atoms with Crippen molar-refractivity contribution in [3.63, 3.8) is 0 Å². The molecule has 0 aromatic heterocycles. The van der Waals surface area contributed by atoms with E-state index >= 15 is 0 Å². The van der Waals surface area contributed by atoms with E-state index in [2.05, 4.69) is 9.05 Å². The molecule has 0 aliphatic rings. The molecule has 0 saturated heterocycles. The van der Waals surface area contributed by atoms with Crippen LogP contribution in [0.1, 0.15) is 51.9 Å². The van der Waals surface area contributed by atoms with Crippen molar-refractivity contribution in [3.05, 3.63) is 0 Å². The molecule has 1 N–H and O–H groups in total. The zero-order valence-corrected chi connectivity index (χ0v) is 24.7. The Hall–Kier alpha value is -1.12. The van der Waals surface area contributed by atoms with Crippen LogP contribution in [-0.2, 0) is 13.6 Å². The summed E-state index contributed by atoms with van der Waals surface area (Å²) in [5.74, 6) is -57.3. The predicted molar refractivity (Wildman–Crippen MR) is 122 cm³/mol. The molecule has 0 amide bonds. The van der Waals surface area contributed by atoms with Crippen molar-refractivity contribution in [2.24, 2.45) is 0 Å². The number of halogens is 17. The summed E-state index contributed by atoms with van der Waals surface area (Å²) in [7, 11) is -2.14. The van der Waals surface area contributed by atoms with Gasteiger partial charge >= 0.3 is 55.5 Å². The van der Waals surface area contributed by atoms with Crippen LogP contribution in [0.25, 0.3) is 0 Å². The summed E-state index contributed by atoms with van der Waals surface area (Å²) < 4.78 is 246. The summed E-state index contributed by atoms with van der Waals surface area (Å²) in [4.78, 5) is 9.49. The number of quaternary nitrogens is 1. The van der Waals surface area contributed by atoms with Crippen LogP contribution in [-0.4, -0.2) is 97.4 Å². The number of unbranched alkanes of at least 4 members (excludes halogenated alkanes) is 5. The highest BCUT2D eigenvalue weighted by atomic mass is 31.2. The molecule has 5 nitrogen and oxygen atoms in total. The molecule has 0 aromatic rings. The molecule has 0 saturated carbocycles. The molecule has 0 radical (unpaired) electrons. The van der Waals surface area contributed by atoms with E-state index in [0.717, 1.165) is 38.5 Å². The second-order valence-corrected chi connectivity index (χ2v) is 12.1. The van der Waals surface area contributed by atoms with Gasteiger partial charge in [-0.3, -0.25) is 9.05 Å². The van der Waals surface area contributed by atoms with Gasteiger partial charge < -0.3 is 9.38 Å². The molecule has 0 bridgehead atoms. The molecule has 0 rings (SSSR count). The number of hydrogen-bond donors (Lipinski definition) is 1. The SMILES string of the molecule is CCCCCCCC[N+](C)(C)CCOP(=O)(O)OCCC(F)(F)C(F)(F)C(F)(F)C(F)(F)C(F)(F)C(F)(F)C(F)(F)C(F)(F)F. The first-order chi connectivity index (χ1) is 19.7. The van der Waals surface area contributed by atoms with Crippen LogP contribution in [0.4, 0.5) is 74.6 Å². The van der Waals surface area contributed by atoms with Gasteiger partial charge in [-0.2, -0.15) is 74.6 Å². The van der Waals surface area contributed by atoms with Crippen LogP contribution in [0.3, 0.4) is 0 Å². The minimum atomic E-state index is -8.73. The summed E-state index contributed by atoms with van der Waals surface area (Å²) in [5.41, 5.74) is 0. The monoisotopic (exact) mass is 728 g/mol. The third kappa shape index (κ3) is 9.49. The first kappa shape index (κ1) is 43.9. The predicted octanol–water partition coefficient (Wildman–Crippen LogP) is 8.96. The maximum absolute atomic E-state index is 13.9. The second kappa shape index (κ2) is 14.6. The Bertz CT molecular complexity index is 989. The molecular formula is C22H32F17NO4P+.